The summed E-state index contributed by atoms with van der Waals surface area (Å²) >= 11 is 5.76. The average Bonchev–Trinajstić information content (AvgIpc) is 2.54. The van der Waals surface area contributed by atoms with E-state index in [1.807, 2.05) is 18.2 Å². The minimum atomic E-state index is -0.357. The fraction of sp³-hybridized carbons (Fsp3) is 0.118. The van der Waals surface area contributed by atoms with Crippen LogP contribution in [0.1, 0.15) is 23.7 Å². The molecule has 0 spiro atoms. The van der Waals surface area contributed by atoms with Crippen LogP contribution in [0.2, 0.25) is 5.02 Å². The van der Waals surface area contributed by atoms with Crippen LogP contribution in [-0.2, 0) is 4.79 Å². The molecule has 2 amide bonds. The van der Waals surface area contributed by atoms with Gasteiger partial charge in [-0.15, -0.1) is 0 Å². The zero-order valence-electron chi connectivity index (χ0n) is 12.5. The number of hydrazone groups is 1. The molecule has 0 aliphatic carbocycles. The highest BCUT2D eigenvalue weighted by atomic mass is 35.5. The van der Waals surface area contributed by atoms with Gasteiger partial charge in [-0.05, 0) is 43.3 Å². The highest BCUT2D eigenvalue weighted by Gasteiger charge is 2.07. The Kier molecular flexibility index (Phi) is 5.88. The smallest absolute Gasteiger partial charge is 0.271 e. The summed E-state index contributed by atoms with van der Waals surface area (Å²) in [5.74, 6) is -0.553. The van der Waals surface area contributed by atoms with Crippen molar-refractivity contribution in [2.24, 2.45) is 5.10 Å². The molecule has 0 saturated carbocycles. The van der Waals surface area contributed by atoms with Crippen LogP contribution in [0.25, 0.3) is 0 Å². The van der Waals surface area contributed by atoms with Gasteiger partial charge in [-0.25, -0.2) is 5.43 Å². The summed E-state index contributed by atoms with van der Waals surface area (Å²) in [6, 6.07) is 15.6. The molecule has 0 fully saturated rings. The highest BCUT2D eigenvalue weighted by Crippen LogP contribution is 2.09. The number of rotatable bonds is 5. The second-order valence-electron chi connectivity index (χ2n) is 4.89. The Morgan fingerprint density at radius 3 is 2.35 bits per heavy atom. The van der Waals surface area contributed by atoms with Gasteiger partial charge in [-0.1, -0.05) is 29.8 Å². The van der Waals surface area contributed by atoms with Crippen LogP contribution in [0.5, 0.6) is 0 Å². The molecule has 0 heterocycles. The molecule has 2 aromatic carbocycles. The van der Waals surface area contributed by atoms with Crippen LogP contribution in [-0.4, -0.2) is 17.5 Å². The van der Waals surface area contributed by atoms with Crippen molar-refractivity contribution < 1.29 is 9.59 Å². The Hall–Kier alpha value is -2.66. The van der Waals surface area contributed by atoms with E-state index in [2.05, 4.69) is 15.8 Å². The molecule has 0 radical (unpaired) electrons. The van der Waals surface area contributed by atoms with Crippen molar-refractivity contribution in [1.29, 1.82) is 0 Å². The fourth-order valence-electron chi connectivity index (χ4n) is 1.81. The third kappa shape index (κ3) is 5.56. The van der Waals surface area contributed by atoms with Gasteiger partial charge in [-0.3, -0.25) is 9.59 Å². The number of amides is 2. The first kappa shape index (κ1) is 16.7. The lowest BCUT2D eigenvalue weighted by Crippen LogP contribution is -2.21. The van der Waals surface area contributed by atoms with Crippen molar-refractivity contribution in [3.8, 4) is 0 Å². The van der Waals surface area contributed by atoms with E-state index in [1.165, 1.54) is 0 Å². The van der Waals surface area contributed by atoms with Crippen molar-refractivity contribution in [2.45, 2.75) is 13.3 Å². The SMILES string of the molecule is C/C(CC(=O)Nc1ccccc1)=N\NC(=O)c1ccc(Cl)cc1. The monoisotopic (exact) mass is 329 g/mol. The number of carbonyl (C=O) groups is 2. The summed E-state index contributed by atoms with van der Waals surface area (Å²) < 4.78 is 0. The highest BCUT2D eigenvalue weighted by molar-refractivity contribution is 6.30. The molecule has 0 saturated heterocycles. The molecule has 0 aliphatic rings. The number of nitrogens with zero attached hydrogens (tertiary/aromatic N) is 1. The van der Waals surface area contributed by atoms with Gasteiger partial charge >= 0.3 is 0 Å². The van der Waals surface area contributed by atoms with Gasteiger partial charge in [-0.2, -0.15) is 5.10 Å². The summed E-state index contributed by atoms with van der Waals surface area (Å²) in [5, 5.41) is 7.23. The third-order valence-electron chi connectivity index (χ3n) is 2.93. The molecule has 118 valence electrons. The van der Waals surface area contributed by atoms with Gasteiger partial charge in [0, 0.05) is 22.0 Å². The maximum absolute atomic E-state index is 11.9. The fourth-order valence-corrected chi connectivity index (χ4v) is 1.94. The van der Waals surface area contributed by atoms with Crippen LogP contribution in [0.15, 0.2) is 59.7 Å². The lowest BCUT2D eigenvalue weighted by Gasteiger charge is -2.05. The summed E-state index contributed by atoms with van der Waals surface area (Å²) in [7, 11) is 0. The largest absolute Gasteiger partial charge is 0.326 e. The van der Waals surface area contributed by atoms with Crippen molar-refractivity contribution in [3.05, 3.63) is 65.2 Å². The van der Waals surface area contributed by atoms with Gasteiger partial charge in [0.25, 0.3) is 5.91 Å². The molecule has 0 atom stereocenters. The Morgan fingerprint density at radius 1 is 1.04 bits per heavy atom. The molecule has 2 rings (SSSR count). The van der Waals surface area contributed by atoms with Gasteiger partial charge < -0.3 is 5.32 Å². The van der Waals surface area contributed by atoms with E-state index in [0.717, 1.165) is 5.69 Å². The summed E-state index contributed by atoms with van der Waals surface area (Å²) in [4.78, 5) is 23.7. The minimum Gasteiger partial charge on any atom is -0.326 e. The number of hydrogen-bond acceptors (Lipinski definition) is 3. The molecular formula is C17H16ClN3O2. The van der Waals surface area contributed by atoms with Gasteiger partial charge in [0.1, 0.15) is 0 Å². The zero-order valence-corrected chi connectivity index (χ0v) is 13.3. The van der Waals surface area contributed by atoms with E-state index in [0.29, 0.717) is 16.3 Å². The molecule has 2 aromatic rings. The van der Waals surface area contributed by atoms with Gasteiger partial charge in [0.15, 0.2) is 0 Å². The maximum atomic E-state index is 11.9. The normalized spacial score (nSPS) is 11.0. The van der Waals surface area contributed by atoms with Crippen LogP contribution in [0, 0.1) is 0 Å². The van der Waals surface area contributed by atoms with Crippen molar-refractivity contribution in [2.75, 3.05) is 5.32 Å². The van der Waals surface area contributed by atoms with Crippen LogP contribution >= 0.6 is 11.6 Å². The van der Waals surface area contributed by atoms with Crippen molar-refractivity contribution >= 4 is 34.8 Å². The number of halogens is 1. The van der Waals surface area contributed by atoms with Crippen LogP contribution < -0.4 is 10.7 Å². The zero-order chi connectivity index (χ0) is 16.7. The van der Waals surface area contributed by atoms with E-state index in [4.69, 9.17) is 11.6 Å². The molecule has 6 heteroatoms. The minimum absolute atomic E-state index is 0.0930. The van der Waals surface area contributed by atoms with E-state index < -0.39 is 0 Å². The maximum Gasteiger partial charge on any atom is 0.271 e. The summed E-state index contributed by atoms with van der Waals surface area (Å²) in [6.45, 7) is 1.67. The molecule has 5 nitrogen and oxygen atoms in total. The standard InChI is InChI=1S/C17H16ClN3O2/c1-12(11-16(22)19-15-5-3-2-4-6-15)20-21-17(23)13-7-9-14(18)10-8-13/h2-10H,11H2,1H3,(H,19,22)(H,21,23)/b20-12+. The molecule has 0 unspecified atom stereocenters. The van der Waals surface area contributed by atoms with Crippen molar-refractivity contribution in [3.63, 3.8) is 0 Å². The van der Waals surface area contributed by atoms with E-state index in [-0.39, 0.29) is 18.2 Å². The number of anilines is 1. The predicted octanol–water partition coefficient (Wildman–Crippen LogP) is 3.47. The molecule has 0 bridgehead atoms. The van der Waals surface area contributed by atoms with E-state index >= 15 is 0 Å². The Bertz CT molecular complexity index is 712. The first-order valence-corrected chi connectivity index (χ1v) is 7.36. The average molecular weight is 330 g/mol. The second-order valence-corrected chi connectivity index (χ2v) is 5.32. The number of para-hydroxylation sites is 1. The first-order chi connectivity index (χ1) is 11.0. The molecular weight excluding hydrogens is 314 g/mol. The third-order valence-corrected chi connectivity index (χ3v) is 3.18. The Morgan fingerprint density at radius 2 is 1.70 bits per heavy atom. The lowest BCUT2D eigenvalue weighted by molar-refractivity contribution is -0.115. The molecule has 2 N–H and O–H groups in total. The molecule has 23 heavy (non-hydrogen) atoms. The molecule has 0 aliphatic heterocycles. The number of nitrogens with one attached hydrogen (secondary N) is 2. The number of carbonyl (C=O) groups excluding carboxylic acids is 2. The van der Waals surface area contributed by atoms with Gasteiger partial charge in [0.2, 0.25) is 5.91 Å². The predicted molar refractivity (Wildman–Crippen MR) is 91.7 cm³/mol. The van der Waals surface area contributed by atoms with Crippen LogP contribution in [0.4, 0.5) is 5.69 Å². The first-order valence-electron chi connectivity index (χ1n) is 6.98. The van der Waals surface area contributed by atoms with E-state index in [1.54, 1.807) is 43.3 Å². The van der Waals surface area contributed by atoms with Crippen molar-refractivity contribution in [1.82, 2.24) is 5.43 Å². The summed E-state index contributed by atoms with van der Waals surface area (Å²) in [5.41, 5.74) is 4.08. The topological polar surface area (TPSA) is 70.6 Å². The van der Waals surface area contributed by atoms with E-state index in [9.17, 15) is 9.59 Å². The number of hydrogen-bond donors (Lipinski definition) is 2. The lowest BCUT2D eigenvalue weighted by atomic mass is 10.2. The Labute approximate surface area is 139 Å². The molecule has 0 aromatic heterocycles. The quantitative estimate of drug-likeness (QED) is 0.651. The number of benzene rings is 2. The second kappa shape index (κ2) is 8.10. The summed E-state index contributed by atoms with van der Waals surface area (Å²) in [6.07, 6.45) is 0.0930. The Balaban J connectivity index is 1.86. The van der Waals surface area contributed by atoms with Gasteiger partial charge in [0.05, 0.1) is 6.42 Å². The van der Waals surface area contributed by atoms with Crippen LogP contribution in [0.3, 0.4) is 0 Å².